The Balaban J connectivity index is 1.67. The number of pyridine rings is 1. The van der Waals surface area contributed by atoms with Crippen molar-refractivity contribution in [3.63, 3.8) is 0 Å². The molecule has 0 aromatic carbocycles. The maximum Gasteiger partial charge on any atom is 0.214 e. The van der Waals surface area contributed by atoms with E-state index in [1.165, 1.54) is 23.3 Å². The van der Waals surface area contributed by atoms with Crippen molar-refractivity contribution in [1.82, 2.24) is 10.3 Å². The van der Waals surface area contributed by atoms with Crippen LogP contribution in [0.5, 0.6) is 5.88 Å². The fourth-order valence-corrected chi connectivity index (χ4v) is 2.89. The van der Waals surface area contributed by atoms with Crippen molar-refractivity contribution >= 4 is 11.3 Å². The minimum absolute atomic E-state index is 0.607. The van der Waals surface area contributed by atoms with Crippen LogP contribution in [0.15, 0.2) is 29.6 Å². The Labute approximate surface area is 130 Å². The molecule has 0 aliphatic heterocycles. The van der Waals surface area contributed by atoms with Gasteiger partial charge in [-0.05, 0) is 42.3 Å². The zero-order valence-corrected chi connectivity index (χ0v) is 13.3. The van der Waals surface area contributed by atoms with Gasteiger partial charge in [-0.1, -0.05) is 19.4 Å². The highest BCUT2D eigenvalue weighted by atomic mass is 32.1. The van der Waals surface area contributed by atoms with E-state index in [9.17, 15) is 0 Å². The molecule has 0 atom stereocenters. The van der Waals surface area contributed by atoms with Crippen LogP contribution in [0.3, 0.4) is 0 Å². The third-order valence-electron chi connectivity index (χ3n) is 3.54. The summed E-state index contributed by atoms with van der Waals surface area (Å²) >= 11 is 1.72. The van der Waals surface area contributed by atoms with E-state index in [1.807, 2.05) is 0 Å². The van der Waals surface area contributed by atoms with Crippen molar-refractivity contribution in [2.45, 2.75) is 51.8 Å². The van der Waals surface area contributed by atoms with E-state index in [0.717, 1.165) is 37.0 Å². The van der Waals surface area contributed by atoms with Crippen LogP contribution in [-0.2, 0) is 19.6 Å². The Bertz CT molecular complexity index is 564. The Morgan fingerprint density at radius 1 is 1.38 bits per heavy atom. The van der Waals surface area contributed by atoms with Crippen molar-refractivity contribution in [2.24, 2.45) is 0 Å². The number of hydrogen-bond donors (Lipinski definition) is 1. The van der Waals surface area contributed by atoms with Crippen molar-refractivity contribution in [2.75, 3.05) is 0 Å². The van der Waals surface area contributed by atoms with E-state index in [2.05, 4.69) is 46.9 Å². The molecule has 1 saturated carbocycles. The molecule has 112 valence electrons. The van der Waals surface area contributed by atoms with Crippen LogP contribution in [0.1, 0.15) is 42.3 Å². The van der Waals surface area contributed by atoms with Crippen LogP contribution >= 0.6 is 11.3 Å². The minimum Gasteiger partial charge on any atom is -0.472 e. The maximum absolute atomic E-state index is 5.87. The quantitative estimate of drug-likeness (QED) is 0.802. The van der Waals surface area contributed by atoms with Crippen LogP contribution in [-0.4, -0.2) is 11.0 Å². The van der Waals surface area contributed by atoms with Crippen LogP contribution < -0.4 is 10.1 Å². The molecule has 0 saturated heterocycles. The molecule has 2 aromatic heterocycles. The lowest BCUT2D eigenvalue weighted by molar-refractivity contribution is 0.296. The molecule has 0 bridgehead atoms. The van der Waals surface area contributed by atoms with Gasteiger partial charge in [-0.25, -0.2) is 4.98 Å². The molecule has 1 fully saturated rings. The van der Waals surface area contributed by atoms with E-state index < -0.39 is 0 Å². The first-order chi connectivity index (χ1) is 10.3. The number of nitrogens with zero attached hydrogens (tertiary/aromatic N) is 1. The first kappa shape index (κ1) is 14.5. The second-order valence-corrected chi connectivity index (χ2v) is 6.61. The Hall–Kier alpha value is -1.39. The highest BCUT2D eigenvalue weighted by molar-refractivity contribution is 7.09. The number of rotatable bonds is 8. The van der Waals surface area contributed by atoms with Gasteiger partial charge in [0, 0.05) is 29.2 Å². The van der Waals surface area contributed by atoms with Crippen molar-refractivity contribution < 1.29 is 4.74 Å². The van der Waals surface area contributed by atoms with Gasteiger partial charge in [0.15, 0.2) is 0 Å². The summed E-state index contributed by atoms with van der Waals surface area (Å²) in [6.45, 7) is 3.71. The summed E-state index contributed by atoms with van der Waals surface area (Å²) in [6.07, 6.45) is 4.74. The second kappa shape index (κ2) is 7.05. The molecule has 4 heteroatoms. The molecule has 1 aliphatic carbocycles. The molecule has 0 radical (unpaired) electrons. The van der Waals surface area contributed by atoms with Gasteiger partial charge in [0.25, 0.3) is 0 Å². The second-order valence-electron chi connectivity index (χ2n) is 5.58. The molecule has 0 spiro atoms. The Kier molecular flexibility index (Phi) is 4.88. The van der Waals surface area contributed by atoms with Crippen molar-refractivity contribution in [3.05, 3.63) is 45.8 Å². The van der Waals surface area contributed by atoms with Gasteiger partial charge in [-0.3, -0.25) is 0 Å². The van der Waals surface area contributed by atoms with Gasteiger partial charge >= 0.3 is 0 Å². The highest BCUT2D eigenvalue weighted by Crippen LogP contribution is 2.21. The molecule has 2 aromatic rings. The van der Waals surface area contributed by atoms with E-state index in [1.54, 1.807) is 11.3 Å². The fraction of sp³-hybridized carbons (Fsp3) is 0.471. The monoisotopic (exact) mass is 302 g/mol. The standard InChI is InChI=1S/C17H22N2OS/c1-2-4-15-9-13(11-18-14-6-7-14)10-17(19-15)20-12-16-5-3-8-21-16/h3,5,8-10,14,18H,2,4,6-7,11-12H2,1H3. The first-order valence-corrected chi connectivity index (χ1v) is 8.60. The molecule has 1 N–H and O–H groups in total. The SMILES string of the molecule is CCCc1cc(CNC2CC2)cc(OCc2cccs2)n1. The van der Waals surface area contributed by atoms with Crippen LogP contribution in [0.2, 0.25) is 0 Å². The van der Waals surface area contributed by atoms with Crippen molar-refractivity contribution in [1.29, 1.82) is 0 Å². The topological polar surface area (TPSA) is 34.1 Å². The van der Waals surface area contributed by atoms with E-state index in [0.29, 0.717) is 6.61 Å². The number of ether oxygens (including phenoxy) is 1. The summed E-state index contributed by atoms with van der Waals surface area (Å²) in [6, 6.07) is 9.15. The zero-order valence-electron chi connectivity index (χ0n) is 12.5. The van der Waals surface area contributed by atoms with E-state index in [4.69, 9.17) is 4.74 Å². The molecule has 3 rings (SSSR count). The molecule has 21 heavy (non-hydrogen) atoms. The van der Waals surface area contributed by atoms with Gasteiger partial charge in [0.2, 0.25) is 5.88 Å². The summed E-state index contributed by atoms with van der Waals surface area (Å²) in [5, 5.41) is 5.63. The number of aryl methyl sites for hydroxylation is 1. The third-order valence-corrected chi connectivity index (χ3v) is 4.39. The van der Waals surface area contributed by atoms with Crippen LogP contribution in [0.25, 0.3) is 0 Å². The third kappa shape index (κ3) is 4.55. The smallest absolute Gasteiger partial charge is 0.214 e. The normalized spacial score (nSPS) is 14.3. The number of thiophene rings is 1. The number of nitrogens with one attached hydrogen (secondary N) is 1. The molecule has 0 unspecified atom stereocenters. The summed E-state index contributed by atoms with van der Waals surface area (Å²) in [7, 11) is 0. The molecule has 0 amide bonds. The lowest BCUT2D eigenvalue weighted by atomic mass is 10.1. The Morgan fingerprint density at radius 3 is 3.00 bits per heavy atom. The number of hydrogen-bond acceptors (Lipinski definition) is 4. The predicted molar refractivity (Wildman–Crippen MR) is 86.7 cm³/mol. The fourth-order valence-electron chi connectivity index (χ4n) is 2.27. The van der Waals surface area contributed by atoms with Gasteiger partial charge in [-0.2, -0.15) is 0 Å². The van der Waals surface area contributed by atoms with Crippen LogP contribution in [0.4, 0.5) is 0 Å². The zero-order chi connectivity index (χ0) is 14.5. The average molecular weight is 302 g/mol. The summed E-state index contributed by atoms with van der Waals surface area (Å²) in [5.74, 6) is 0.752. The van der Waals surface area contributed by atoms with Gasteiger partial charge in [-0.15, -0.1) is 11.3 Å². The lowest BCUT2D eigenvalue weighted by Gasteiger charge is -2.10. The van der Waals surface area contributed by atoms with Gasteiger partial charge in [0.05, 0.1) is 0 Å². The predicted octanol–water partition coefficient (Wildman–Crippen LogP) is 3.93. The number of aromatic nitrogens is 1. The first-order valence-electron chi connectivity index (χ1n) is 7.72. The van der Waals surface area contributed by atoms with E-state index >= 15 is 0 Å². The molecular weight excluding hydrogens is 280 g/mol. The molecular formula is C17H22N2OS. The minimum atomic E-state index is 0.607. The maximum atomic E-state index is 5.87. The summed E-state index contributed by atoms with van der Waals surface area (Å²) < 4.78 is 5.87. The Morgan fingerprint density at radius 2 is 2.29 bits per heavy atom. The lowest BCUT2D eigenvalue weighted by Crippen LogP contribution is -2.15. The molecule has 3 nitrogen and oxygen atoms in total. The summed E-state index contributed by atoms with van der Waals surface area (Å²) in [5.41, 5.74) is 2.41. The average Bonchev–Trinajstić information content (AvgIpc) is 3.17. The highest BCUT2D eigenvalue weighted by Gasteiger charge is 2.20. The van der Waals surface area contributed by atoms with Crippen LogP contribution in [0, 0.1) is 0 Å². The largest absolute Gasteiger partial charge is 0.472 e. The van der Waals surface area contributed by atoms with Crippen molar-refractivity contribution in [3.8, 4) is 5.88 Å². The molecule has 2 heterocycles. The molecule has 1 aliphatic rings. The summed E-state index contributed by atoms with van der Waals surface area (Å²) in [4.78, 5) is 5.85. The van der Waals surface area contributed by atoms with E-state index in [-0.39, 0.29) is 0 Å². The van der Waals surface area contributed by atoms with Gasteiger partial charge < -0.3 is 10.1 Å². The van der Waals surface area contributed by atoms with Gasteiger partial charge in [0.1, 0.15) is 6.61 Å².